The van der Waals surface area contributed by atoms with Crippen LogP contribution in [0.1, 0.15) is 73.7 Å². The summed E-state index contributed by atoms with van der Waals surface area (Å²) in [5.74, 6) is -0.168. The highest BCUT2D eigenvalue weighted by atomic mass is 32.1. The second-order valence-corrected chi connectivity index (χ2v) is 15.7. The van der Waals surface area contributed by atoms with Crippen molar-refractivity contribution in [2.24, 2.45) is 5.92 Å². The van der Waals surface area contributed by atoms with Crippen molar-refractivity contribution in [3.05, 3.63) is 104 Å². The lowest BCUT2D eigenvalue weighted by molar-refractivity contribution is -0.125. The van der Waals surface area contributed by atoms with Gasteiger partial charge in [-0.1, -0.05) is 88.4 Å². The van der Waals surface area contributed by atoms with Crippen LogP contribution in [0.2, 0.25) is 0 Å². The molecule has 0 bridgehead atoms. The van der Waals surface area contributed by atoms with Gasteiger partial charge in [0, 0.05) is 44.2 Å². The van der Waals surface area contributed by atoms with E-state index in [2.05, 4.69) is 34.4 Å². The fourth-order valence-corrected chi connectivity index (χ4v) is 7.49. The minimum atomic E-state index is -0.792. The Morgan fingerprint density at radius 2 is 1.57 bits per heavy atom. The molecule has 2 aromatic heterocycles. The van der Waals surface area contributed by atoms with E-state index >= 15 is 0 Å². The highest BCUT2D eigenvalue weighted by molar-refractivity contribution is 7.09. The van der Waals surface area contributed by atoms with Crippen LogP contribution in [0.15, 0.2) is 77.8 Å². The Morgan fingerprint density at radius 1 is 0.906 bits per heavy atom. The normalized spacial score (nSPS) is 13.6. The summed E-state index contributed by atoms with van der Waals surface area (Å²) in [5, 5.41) is 9.23. The first kappa shape index (κ1) is 41.4. The Kier molecular flexibility index (Phi) is 16.2. The second kappa shape index (κ2) is 20.8. The van der Waals surface area contributed by atoms with Crippen molar-refractivity contribution >= 4 is 40.7 Å². The molecule has 53 heavy (non-hydrogen) atoms. The van der Waals surface area contributed by atoms with Crippen molar-refractivity contribution in [1.82, 2.24) is 30.4 Å². The third-order valence-electron chi connectivity index (χ3n) is 9.04. The maximum absolute atomic E-state index is 14.1. The summed E-state index contributed by atoms with van der Waals surface area (Å²) in [6.45, 7) is 10.8. The van der Waals surface area contributed by atoms with Gasteiger partial charge in [0.25, 0.3) is 0 Å². The van der Waals surface area contributed by atoms with Gasteiger partial charge in [0.15, 0.2) is 0 Å². The van der Waals surface area contributed by atoms with E-state index < -0.39 is 24.3 Å². The summed E-state index contributed by atoms with van der Waals surface area (Å²) >= 11 is 3.01. The van der Waals surface area contributed by atoms with Gasteiger partial charge >= 0.3 is 12.1 Å². The first-order valence-corrected chi connectivity index (χ1v) is 19.9. The number of hydrogen-bond acceptors (Lipinski definition) is 9. The standard InChI is InChI=1S/C40H54N6O5S2/c1-8-46(40(49)51-24-33-22-41-26-53-33)34(20-30-17-13-10-14-18-30)35(50-7)21-31(19-29-15-11-9-12-16-29)42-37(47)36(27(2)3)44-39(48)45(6)23-32-25-52-38(43-32)28(4)5/h9-18,22,25-28,31,34-36H,8,19-21,23-24H2,1-7H3,(H,42,47)(H,44,48)/t31-,34-,35-,36-/m0/s1. The zero-order valence-electron chi connectivity index (χ0n) is 31.9. The number of amides is 4. The molecule has 4 rings (SSSR count). The molecule has 4 atom stereocenters. The minimum absolute atomic E-state index is 0.128. The molecule has 4 amide bonds. The molecule has 0 saturated carbocycles. The monoisotopic (exact) mass is 762 g/mol. The number of hydrogen-bond donors (Lipinski definition) is 2. The fourth-order valence-electron chi connectivity index (χ4n) is 6.15. The molecule has 286 valence electrons. The van der Waals surface area contributed by atoms with Crippen LogP contribution in [-0.2, 0) is 40.3 Å². The van der Waals surface area contributed by atoms with Gasteiger partial charge in [0.05, 0.1) is 39.8 Å². The number of carbonyl (C=O) groups excluding carboxylic acids is 3. The minimum Gasteiger partial charge on any atom is -0.444 e. The lowest BCUT2D eigenvalue weighted by Gasteiger charge is -2.37. The summed E-state index contributed by atoms with van der Waals surface area (Å²) in [7, 11) is 3.34. The van der Waals surface area contributed by atoms with Gasteiger partial charge in [-0.15, -0.1) is 22.7 Å². The zero-order chi connectivity index (χ0) is 38.3. The van der Waals surface area contributed by atoms with Crippen LogP contribution in [0, 0.1) is 5.92 Å². The largest absolute Gasteiger partial charge is 0.444 e. The van der Waals surface area contributed by atoms with Crippen LogP contribution >= 0.6 is 22.7 Å². The number of ether oxygens (including phenoxy) is 2. The molecule has 0 radical (unpaired) electrons. The van der Waals surface area contributed by atoms with Gasteiger partial charge in [0.1, 0.15) is 12.6 Å². The molecule has 0 saturated heterocycles. The number of benzene rings is 2. The van der Waals surface area contributed by atoms with Crippen molar-refractivity contribution in [3.8, 4) is 0 Å². The Balaban J connectivity index is 1.55. The zero-order valence-corrected chi connectivity index (χ0v) is 33.5. The van der Waals surface area contributed by atoms with Crippen LogP contribution in [0.3, 0.4) is 0 Å². The van der Waals surface area contributed by atoms with Crippen molar-refractivity contribution in [1.29, 1.82) is 0 Å². The number of carbonyl (C=O) groups is 3. The van der Waals surface area contributed by atoms with Crippen LogP contribution in [0.25, 0.3) is 0 Å². The van der Waals surface area contributed by atoms with Gasteiger partial charge in [-0.3, -0.25) is 9.78 Å². The number of rotatable bonds is 19. The average molecular weight is 763 g/mol. The number of likely N-dealkylation sites (N-methyl/N-ethyl adjacent to an activating group) is 1. The number of nitrogens with one attached hydrogen (secondary N) is 2. The van der Waals surface area contributed by atoms with Crippen LogP contribution in [0.4, 0.5) is 9.59 Å². The quantitative estimate of drug-likeness (QED) is 0.103. The first-order valence-electron chi connectivity index (χ1n) is 18.2. The molecule has 0 aliphatic heterocycles. The Hall–Kier alpha value is -4.33. The molecule has 0 unspecified atom stereocenters. The molecule has 13 heteroatoms. The predicted molar refractivity (Wildman–Crippen MR) is 211 cm³/mol. The molecular weight excluding hydrogens is 709 g/mol. The van der Waals surface area contributed by atoms with E-state index in [4.69, 9.17) is 9.47 Å². The Labute approximate surface area is 322 Å². The molecule has 4 aromatic rings. The maximum Gasteiger partial charge on any atom is 0.410 e. The molecule has 0 fully saturated rings. The molecule has 2 N–H and O–H groups in total. The van der Waals surface area contributed by atoms with Crippen molar-refractivity contribution in [2.45, 2.75) is 97.2 Å². The van der Waals surface area contributed by atoms with E-state index in [-0.39, 0.29) is 30.5 Å². The highest BCUT2D eigenvalue weighted by Gasteiger charge is 2.35. The molecule has 2 aromatic carbocycles. The number of aromatic nitrogens is 2. The van der Waals surface area contributed by atoms with Crippen molar-refractivity contribution < 1.29 is 23.9 Å². The summed E-state index contributed by atoms with van der Waals surface area (Å²) in [6.07, 6.45) is 2.20. The smallest absolute Gasteiger partial charge is 0.410 e. The predicted octanol–water partition coefficient (Wildman–Crippen LogP) is 7.29. The van der Waals surface area contributed by atoms with E-state index in [1.54, 1.807) is 47.0 Å². The van der Waals surface area contributed by atoms with E-state index in [0.717, 1.165) is 26.7 Å². The topological polar surface area (TPSA) is 126 Å². The second-order valence-electron chi connectivity index (χ2n) is 13.8. The molecule has 0 aliphatic carbocycles. The van der Waals surface area contributed by atoms with Gasteiger partial charge in [-0.25, -0.2) is 14.6 Å². The third kappa shape index (κ3) is 12.6. The van der Waals surface area contributed by atoms with Gasteiger partial charge < -0.3 is 29.9 Å². The Bertz CT molecular complexity index is 1690. The number of nitrogens with zero attached hydrogens (tertiary/aromatic N) is 4. The highest BCUT2D eigenvalue weighted by Crippen LogP contribution is 2.23. The molecule has 11 nitrogen and oxygen atoms in total. The van der Waals surface area contributed by atoms with Gasteiger partial charge in [-0.2, -0.15) is 0 Å². The van der Waals surface area contributed by atoms with Gasteiger partial charge in [0.2, 0.25) is 5.91 Å². The summed E-state index contributed by atoms with van der Waals surface area (Å²) in [4.78, 5) is 54.1. The van der Waals surface area contributed by atoms with E-state index in [9.17, 15) is 14.4 Å². The Morgan fingerprint density at radius 3 is 2.11 bits per heavy atom. The summed E-state index contributed by atoms with van der Waals surface area (Å²) in [6, 6.07) is 18.0. The van der Waals surface area contributed by atoms with Crippen LogP contribution < -0.4 is 10.6 Å². The SMILES string of the molecule is CCN(C(=O)OCc1cncs1)[C@@H](Cc1ccccc1)[C@H](C[C@H](Cc1ccccc1)NC(=O)[C@@H](NC(=O)N(C)Cc1csc(C(C)C)n1)C(C)C)OC. The molecule has 0 aliphatic rings. The van der Waals surface area contributed by atoms with Crippen LogP contribution in [0.5, 0.6) is 0 Å². The van der Waals surface area contributed by atoms with E-state index in [0.29, 0.717) is 38.3 Å². The molecular formula is C40H54N6O5S2. The van der Waals surface area contributed by atoms with Crippen molar-refractivity contribution in [2.75, 3.05) is 20.7 Å². The number of thiazole rings is 2. The number of urea groups is 1. The third-order valence-corrected chi connectivity index (χ3v) is 11.0. The number of methoxy groups -OCH3 is 1. The van der Waals surface area contributed by atoms with E-state index in [1.165, 1.54) is 11.3 Å². The average Bonchev–Trinajstić information content (AvgIpc) is 3.85. The summed E-state index contributed by atoms with van der Waals surface area (Å²) in [5.41, 5.74) is 4.60. The first-order chi connectivity index (χ1) is 25.5. The van der Waals surface area contributed by atoms with Crippen molar-refractivity contribution in [3.63, 3.8) is 0 Å². The van der Waals surface area contributed by atoms with Crippen LogP contribution in [-0.4, -0.2) is 82.7 Å². The molecule has 0 spiro atoms. The lowest BCUT2D eigenvalue weighted by atomic mass is 9.92. The van der Waals surface area contributed by atoms with Gasteiger partial charge in [-0.05, 0) is 43.2 Å². The van der Waals surface area contributed by atoms with E-state index in [1.807, 2.05) is 86.8 Å². The maximum atomic E-state index is 14.1. The lowest BCUT2D eigenvalue weighted by Crippen LogP contribution is -2.56. The molecule has 2 heterocycles. The fraction of sp³-hybridized carbons (Fsp3) is 0.475. The summed E-state index contributed by atoms with van der Waals surface area (Å²) < 4.78 is 12.0.